The Morgan fingerprint density at radius 2 is 1.85 bits per heavy atom. The van der Waals surface area contributed by atoms with Crippen molar-refractivity contribution in [1.82, 2.24) is 20.5 Å². The Kier molecular flexibility index (Phi) is 5.16. The van der Waals surface area contributed by atoms with Crippen molar-refractivity contribution in [2.75, 3.05) is 13.1 Å². The Labute approximate surface area is 154 Å². The van der Waals surface area contributed by atoms with Crippen LogP contribution in [0.3, 0.4) is 0 Å². The predicted molar refractivity (Wildman–Crippen MR) is 101 cm³/mol. The van der Waals surface area contributed by atoms with Crippen LogP contribution >= 0.6 is 0 Å². The first-order valence-electron chi connectivity index (χ1n) is 9.51. The zero-order chi connectivity index (χ0) is 17.8. The first-order chi connectivity index (χ1) is 12.8. The summed E-state index contributed by atoms with van der Waals surface area (Å²) in [5.74, 6) is 0.658. The highest BCUT2D eigenvalue weighted by Gasteiger charge is 2.22. The molecule has 136 valence electrons. The molecule has 0 spiro atoms. The zero-order valence-corrected chi connectivity index (χ0v) is 15.1. The van der Waals surface area contributed by atoms with Gasteiger partial charge in [-0.15, -0.1) is 0 Å². The molecule has 5 nitrogen and oxygen atoms in total. The van der Waals surface area contributed by atoms with E-state index in [2.05, 4.69) is 45.9 Å². The van der Waals surface area contributed by atoms with Gasteiger partial charge in [-0.25, -0.2) is 4.79 Å². The number of nitrogens with one attached hydrogen (secondary N) is 2. The summed E-state index contributed by atoms with van der Waals surface area (Å²) in [5, 5.41) is 6.44. The van der Waals surface area contributed by atoms with Crippen LogP contribution in [0, 0.1) is 5.92 Å². The highest BCUT2D eigenvalue weighted by molar-refractivity contribution is 5.74. The van der Waals surface area contributed by atoms with Gasteiger partial charge < -0.3 is 15.5 Å². The SMILES string of the molecule is O=C(NCc1ccc2c(c1)CNC2)N1CCC(Cc2ccncc2)CC1. The quantitative estimate of drug-likeness (QED) is 0.891. The van der Waals surface area contributed by atoms with Crippen LogP contribution in [0.1, 0.15) is 35.1 Å². The topological polar surface area (TPSA) is 57.3 Å². The molecule has 2 N–H and O–H groups in total. The van der Waals surface area contributed by atoms with Gasteiger partial charge >= 0.3 is 6.03 Å². The van der Waals surface area contributed by atoms with Gasteiger partial charge in [-0.2, -0.15) is 0 Å². The Balaban J connectivity index is 1.23. The van der Waals surface area contributed by atoms with Gasteiger partial charge in [0.15, 0.2) is 0 Å². The molecule has 1 fully saturated rings. The van der Waals surface area contributed by atoms with Gasteiger partial charge in [0.2, 0.25) is 0 Å². The van der Waals surface area contributed by atoms with E-state index < -0.39 is 0 Å². The summed E-state index contributed by atoms with van der Waals surface area (Å²) in [6.07, 6.45) is 6.93. The molecule has 5 heteroatoms. The van der Waals surface area contributed by atoms with Crippen LogP contribution in [0.15, 0.2) is 42.7 Å². The average molecular weight is 350 g/mol. The summed E-state index contributed by atoms with van der Waals surface area (Å²) in [6.45, 7) is 4.17. The standard InChI is InChI=1S/C21H26N4O/c26-21(24-13-18-1-2-19-14-23-15-20(19)12-18)25-9-5-17(6-10-25)11-16-3-7-22-8-4-16/h1-4,7-8,12,17,23H,5-6,9-11,13-15H2,(H,24,26). The highest BCUT2D eigenvalue weighted by Crippen LogP contribution is 2.22. The zero-order valence-electron chi connectivity index (χ0n) is 15.1. The molecule has 0 aliphatic carbocycles. The molecule has 0 bridgehead atoms. The maximum absolute atomic E-state index is 12.5. The number of hydrogen-bond acceptors (Lipinski definition) is 3. The van der Waals surface area contributed by atoms with Crippen molar-refractivity contribution in [1.29, 1.82) is 0 Å². The van der Waals surface area contributed by atoms with Crippen molar-refractivity contribution in [2.45, 2.75) is 38.9 Å². The number of likely N-dealkylation sites (tertiary alicyclic amines) is 1. The number of fused-ring (bicyclic) bond motifs is 1. The lowest BCUT2D eigenvalue weighted by Crippen LogP contribution is -2.44. The molecule has 1 aromatic carbocycles. The number of nitrogens with zero attached hydrogens (tertiary/aromatic N) is 2. The van der Waals surface area contributed by atoms with Crippen LogP contribution in [0.5, 0.6) is 0 Å². The third kappa shape index (κ3) is 4.05. The lowest BCUT2D eigenvalue weighted by Gasteiger charge is -2.32. The third-order valence-electron chi connectivity index (χ3n) is 5.52. The molecule has 2 aromatic rings. The largest absolute Gasteiger partial charge is 0.334 e. The summed E-state index contributed by atoms with van der Waals surface area (Å²) in [5.41, 5.74) is 5.24. The molecule has 1 saturated heterocycles. The van der Waals surface area contributed by atoms with E-state index in [0.717, 1.165) is 45.4 Å². The number of aromatic nitrogens is 1. The normalized spacial score (nSPS) is 17.2. The molecule has 3 heterocycles. The first kappa shape index (κ1) is 17.0. The van der Waals surface area contributed by atoms with E-state index in [1.54, 1.807) is 0 Å². The molecule has 0 saturated carbocycles. The van der Waals surface area contributed by atoms with E-state index in [1.165, 1.54) is 22.3 Å². The van der Waals surface area contributed by atoms with Crippen LogP contribution < -0.4 is 10.6 Å². The molecular formula is C21H26N4O. The predicted octanol–water partition coefficient (Wildman–Crippen LogP) is 2.85. The Hall–Kier alpha value is -2.40. The fourth-order valence-electron chi connectivity index (χ4n) is 3.94. The smallest absolute Gasteiger partial charge is 0.317 e. The van der Waals surface area contributed by atoms with Gasteiger partial charge in [0.05, 0.1) is 0 Å². The third-order valence-corrected chi connectivity index (χ3v) is 5.52. The number of rotatable bonds is 4. The van der Waals surface area contributed by atoms with Gasteiger partial charge in [0.25, 0.3) is 0 Å². The van der Waals surface area contributed by atoms with E-state index in [-0.39, 0.29) is 6.03 Å². The highest BCUT2D eigenvalue weighted by atomic mass is 16.2. The molecular weight excluding hydrogens is 324 g/mol. The van der Waals surface area contributed by atoms with E-state index in [0.29, 0.717) is 12.5 Å². The van der Waals surface area contributed by atoms with Crippen molar-refractivity contribution in [3.8, 4) is 0 Å². The summed E-state index contributed by atoms with van der Waals surface area (Å²) < 4.78 is 0. The van der Waals surface area contributed by atoms with Gasteiger partial charge in [-0.1, -0.05) is 18.2 Å². The average Bonchev–Trinajstić information content (AvgIpc) is 3.15. The second-order valence-electron chi connectivity index (χ2n) is 7.36. The van der Waals surface area contributed by atoms with E-state index in [9.17, 15) is 4.79 Å². The number of amides is 2. The van der Waals surface area contributed by atoms with Crippen molar-refractivity contribution in [3.05, 3.63) is 65.0 Å². The Morgan fingerprint density at radius 3 is 2.65 bits per heavy atom. The number of pyridine rings is 1. The molecule has 0 radical (unpaired) electrons. The van der Waals surface area contributed by atoms with Crippen molar-refractivity contribution in [3.63, 3.8) is 0 Å². The fourth-order valence-corrected chi connectivity index (χ4v) is 3.94. The van der Waals surface area contributed by atoms with Crippen LogP contribution in [0.2, 0.25) is 0 Å². The number of benzene rings is 1. The maximum Gasteiger partial charge on any atom is 0.317 e. The monoisotopic (exact) mass is 350 g/mol. The van der Waals surface area contributed by atoms with Crippen molar-refractivity contribution >= 4 is 6.03 Å². The van der Waals surface area contributed by atoms with Crippen LogP contribution in [-0.2, 0) is 26.1 Å². The van der Waals surface area contributed by atoms with Crippen LogP contribution in [0.25, 0.3) is 0 Å². The van der Waals surface area contributed by atoms with Gasteiger partial charge in [0, 0.05) is 45.1 Å². The van der Waals surface area contributed by atoms with E-state index in [1.807, 2.05) is 17.3 Å². The second-order valence-corrected chi connectivity index (χ2v) is 7.36. The maximum atomic E-state index is 12.5. The molecule has 4 rings (SSSR count). The minimum atomic E-state index is 0.0611. The molecule has 2 aliphatic rings. The lowest BCUT2D eigenvalue weighted by atomic mass is 9.90. The van der Waals surface area contributed by atoms with E-state index in [4.69, 9.17) is 0 Å². The van der Waals surface area contributed by atoms with Crippen LogP contribution in [-0.4, -0.2) is 29.0 Å². The Bertz CT molecular complexity index is 754. The number of carbonyl (C=O) groups is 1. The Morgan fingerprint density at radius 1 is 1.08 bits per heavy atom. The van der Waals surface area contributed by atoms with Gasteiger partial charge in [-0.3, -0.25) is 4.98 Å². The minimum Gasteiger partial charge on any atom is -0.334 e. The van der Waals surface area contributed by atoms with Crippen LogP contribution in [0.4, 0.5) is 4.79 Å². The first-order valence-corrected chi connectivity index (χ1v) is 9.51. The summed E-state index contributed by atoms with van der Waals surface area (Å²) in [4.78, 5) is 18.5. The number of piperidine rings is 1. The van der Waals surface area contributed by atoms with Crippen molar-refractivity contribution in [2.24, 2.45) is 5.92 Å². The summed E-state index contributed by atoms with van der Waals surface area (Å²) >= 11 is 0. The van der Waals surface area contributed by atoms with E-state index >= 15 is 0 Å². The number of carbonyl (C=O) groups excluding carboxylic acids is 1. The molecule has 0 atom stereocenters. The second kappa shape index (κ2) is 7.87. The summed E-state index contributed by atoms with van der Waals surface area (Å²) in [6, 6.07) is 10.7. The van der Waals surface area contributed by atoms with Crippen molar-refractivity contribution < 1.29 is 4.79 Å². The van der Waals surface area contributed by atoms with Gasteiger partial charge in [0.1, 0.15) is 0 Å². The molecule has 26 heavy (non-hydrogen) atoms. The molecule has 2 aliphatic heterocycles. The fraction of sp³-hybridized carbons (Fsp3) is 0.429. The minimum absolute atomic E-state index is 0.0611. The van der Waals surface area contributed by atoms with Gasteiger partial charge in [-0.05, 0) is 59.6 Å². The molecule has 2 amide bonds. The lowest BCUT2D eigenvalue weighted by molar-refractivity contribution is 0.170. The number of urea groups is 1. The summed E-state index contributed by atoms with van der Waals surface area (Å²) in [7, 11) is 0. The number of hydrogen-bond donors (Lipinski definition) is 2. The molecule has 1 aromatic heterocycles. The molecule has 0 unspecified atom stereocenters.